The molecule has 0 aliphatic heterocycles. The third-order valence-corrected chi connectivity index (χ3v) is 8.78. The molecule has 4 fully saturated rings. The van der Waals surface area contributed by atoms with Gasteiger partial charge in [0.15, 0.2) is 0 Å². The normalized spacial score (nSPS) is 27.4. The number of hydrogen-bond donors (Lipinski definition) is 4. The third-order valence-electron chi connectivity index (χ3n) is 8.78. The highest BCUT2D eigenvalue weighted by atomic mass is 16.3. The van der Waals surface area contributed by atoms with Crippen molar-refractivity contribution in [2.45, 2.75) is 38.2 Å². The number of aromatic amines is 1. The lowest BCUT2D eigenvalue weighted by atomic mass is 9.48. The fraction of sp³-hybridized carbons (Fsp3) is 0.333. The fourth-order valence-electron chi connectivity index (χ4n) is 7.21. The molecule has 3 atom stereocenters. The largest absolute Gasteiger partial charge is 0.392 e. The number of rotatable bonds is 5. The number of hydrogen-bond acceptors (Lipinski definition) is 5. The number of benzene rings is 2. The molecule has 0 saturated heterocycles. The molecule has 2 aromatic heterocycles. The quantitative estimate of drug-likeness (QED) is 0.303. The molecular weight excluding hydrogens is 478 g/mol. The molecule has 4 aliphatic carbocycles. The highest BCUT2D eigenvalue weighted by Crippen LogP contribution is 2.60. The molecule has 4 aromatic rings. The smallest absolute Gasteiger partial charge is 0.256 e. The molecule has 2 amide bonds. The van der Waals surface area contributed by atoms with Gasteiger partial charge < -0.3 is 20.7 Å². The Hall–Kier alpha value is -4.04. The molecule has 3 unspecified atom stereocenters. The van der Waals surface area contributed by atoms with Crippen molar-refractivity contribution in [1.82, 2.24) is 15.0 Å². The van der Waals surface area contributed by atoms with E-state index in [-0.39, 0.29) is 17.7 Å². The first-order valence-corrected chi connectivity index (χ1v) is 13.3. The van der Waals surface area contributed by atoms with Gasteiger partial charge in [0.2, 0.25) is 5.91 Å². The zero-order valence-electron chi connectivity index (χ0n) is 20.9. The first kappa shape index (κ1) is 23.1. The molecule has 4 bridgehead atoms. The average molecular weight is 508 g/mol. The lowest BCUT2D eigenvalue weighted by Gasteiger charge is -2.58. The number of amides is 2. The highest BCUT2D eigenvalue weighted by molar-refractivity contribution is 6.05. The maximum absolute atomic E-state index is 13.4. The molecule has 8 nitrogen and oxygen atoms in total. The minimum atomic E-state index is -0.646. The van der Waals surface area contributed by atoms with E-state index in [1.165, 1.54) is 6.42 Å². The van der Waals surface area contributed by atoms with Gasteiger partial charge in [-0.25, -0.2) is 9.97 Å². The van der Waals surface area contributed by atoms with Crippen LogP contribution in [0, 0.1) is 23.2 Å². The maximum Gasteiger partial charge on any atom is 0.256 e. The summed E-state index contributed by atoms with van der Waals surface area (Å²) in [6, 6.07) is 18.3. The van der Waals surface area contributed by atoms with Gasteiger partial charge in [0.25, 0.3) is 5.91 Å². The molecule has 4 N–H and O–H groups in total. The number of aliphatic hydroxyl groups is 1. The SMILES string of the molecule is O=C(Nc1ccccn1)c1ccc2nc(-c3ccc(NC(=O)C45CC6CC(CC(C6)C4O)C5)cc3)[nH]c2c1. The maximum atomic E-state index is 13.4. The molecule has 192 valence electrons. The molecule has 2 aromatic carbocycles. The van der Waals surface area contributed by atoms with Gasteiger partial charge in [-0.15, -0.1) is 0 Å². The van der Waals surface area contributed by atoms with E-state index < -0.39 is 11.5 Å². The summed E-state index contributed by atoms with van der Waals surface area (Å²) < 4.78 is 0. The minimum Gasteiger partial charge on any atom is -0.392 e. The van der Waals surface area contributed by atoms with Crippen LogP contribution >= 0.6 is 0 Å². The first-order chi connectivity index (χ1) is 18.5. The highest BCUT2D eigenvalue weighted by Gasteiger charge is 2.60. The molecule has 8 heteroatoms. The van der Waals surface area contributed by atoms with E-state index >= 15 is 0 Å². The number of carbonyl (C=O) groups is 2. The van der Waals surface area contributed by atoms with E-state index in [0.29, 0.717) is 34.7 Å². The molecule has 8 rings (SSSR count). The monoisotopic (exact) mass is 507 g/mol. The Morgan fingerprint density at radius 3 is 2.47 bits per heavy atom. The zero-order chi connectivity index (χ0) is 25.9. The second kappa shape index (κ2) is 8.77. The number of aliphatic hydroxyl groups excluding tert-OH is 1. The number of aromatic nitrogens is 3. The van der Waals surface area contributed by atoms with Gasteiger partial charge in [0.05, 0.1) is 22.6 Å². The Morgan fingerprint density at radius 1 is 0.947 bits per heavy atom. The Bertz CT molecular complexity index is 1520. The lowest BCUT2D eigenvalue weighted by molar-refractivity contribution is -0.171. The second-order valence-corrected chi connectivity index (χ2v) is 11.2. The van der Waals surface area contributed by atoms with Crippen LogP contribution in [-0.2, 0) is 4.79 Å². The van der Waals surface area contributed by atoms with E-state index in [1.807, 2.05) is 36.4 Å². The summed E-state index contributed by atoms with van der Waals surface area (Å²) in [6.45, 7) is 0. The Kier molecular flexibility index (Phi) is 5.33. The van der Waals surface area contributed by atoms with Crippen LogP contribution in [0.4, 0.5) is 11.5 Å². The minimum absolute atomic E-state index is 0.0444. The standard InChI is InChI=1S/C30H29N5O3/c36-26-21-12-17-11-18(13-21)16-30(26,15-17)29(38)32-22-7-4-19(5-8-22)27-33-23-9-6-20(14-24(23)34-27)28(37)35-25-3-1-2-10-31-25/h1-10,14,17-18,21,26,36H,11-13,15-16H2,(H,32,38)(H,33,34)(H,31,35,37). The van der Waals surface area contributed by atoms with Gasteiger partial charge >= 0.3 is 0 Å². The molecule has 2 heterocycles. The topological polar surface area (TPSA) is 120 Å². The van der Waals surface area contributed by atoms with E-state index in [4.69, 9.17) is 0 Å². The van der Waals surface area contributed by atoms with Crippen molar-refractivity contribution < 1.29 is 14.7 Å². The number of anilines is 2. The van der Waals surface area contributed by atoms with Crippen molar-refractivity contribution in [2.24, 2.45) is 23.2 Å². The Morgan fingerprint density at radius 2 is 1.74 bits per heavy atom. The summed E-state index contributed by atoms with van der Waals surface area (Å²) in [7, 11) is 0. The van der Waals surface area contributed by atoms with Crippen molar-refractivity contribution >= 4 is 34.4 Å². The average Bonchev–Trinajstić information content (AvgIpc) is 3.35. The van der Waals surface area contributed by atoms with Gasteiger partial charge in [-0.2, -0.15) is 0 Å². The van der Waals surface area contributed by atoms with Crippen molar-refractivity contribution in [3.8, 4) is 11.4 Å². The summed E-state index contributed by atoms with van der Waals surface area (Å²) in [5, 5.41) is 16.9. The molecule has 0 spiro atoms. The predicted octanol–water partition coefficient (Wildman–Crippen LogP) is 5.00. The van der Waals surface area contributed by atoms with Crippen LogP contribution in [0.1, 0.15) is 42.5 Å². The molecule has 4 saturated carbocycles. The summed E-state index contributed by atoms with van der Waals surface area (Å²) in [5.74, 6) is 2.29. The van der Waals surface area contributed by atoms with Crippen molar-refractivity contribution in [3.05, 3.63) is 72.4 Å². The van der Waals surface area contributed by atoms with Crippen molar-refractivity contribution in [3.63, 3.8) is 0 Å². The molecule has 38 heavy (non-hydrogen) atoms. The van der Waals surface area contributed by atoms with Crippen LogP contribution in [0.2, 0.25) is 0 Å². The Balaban J connectivity index is 1.07. The number of pyridine rings is 1. The summed E-state index contributed by atoms with van der Waals surface area (Å²) in [6.07, 6.45) is 6.02. The molecule has 4 aliphatic rings. The first-order valence-electron chi connectivity index (χ1n) is 13.3. The fourth-order valence-corrected chi connectivity index (χ4v) is 7.21. The van der Waals surface area contributed by atoms with Gasteiger partial charge in [0.1, 0.15) is 11.6 Å². The van der Waals surface area contributed by atoms with Crippen LogP contribution in [0.3, 0.4) is 0 Å². The Labute approximate surface area is 219 Å². The van der Waals surface area contributed by atoms with Gasteiger partial charge in [0, 0.05) is 23.0 Å². The van der Waals surface area contributed by atoms with E-state index in [1.54, 1.807) is 30.5 Å². The second-order valence-electron chi connectivity index (χ2n) is 11.2. The van der Waals surface area contributed by atoms with Crippen LogP contribution in [0.25, 0.3) is 22.4 Å². The van der Waals surface area contributed by atoms with Crippen LogP contribution in [0.15, 0.2) is 66.9 Å². The summed E-state index contributed by atoms with van der Waals surface area (Å²) in [4.78, 5) is 38.2. The van der Waals surface area contributed by atoms with Crippen LogP contribution in [-0.4, -0.2) is 38.0 Å². The molecule has 0 radical (unpaired) electrons. The summed E-state index contributed by atoms with van der Waals surface area (Å²) >= 11 is 0. The lowest BCUT2D eigenvalue weighted by Crippen LogP contribution is -2.60. The number of nitrogens with one attached hydrogen (secondary N) is 3. The van der Waals surface area contributed by atoms with E-state index in [0.717, 1.165) is 42.3 Å². The van der Waals surface area contributed by atoms with E-state index in [2.05, 4.69) is 25.6 Å². The van der Waals surface area contributed by atoms with Crippen molar-refractivity contribution in [1.29, 1.82) is 0 Å². The number of nitrogens with zero attached hydrogens (tertiary/aromatic N) is 2. The predicted molar refractivity (Wildman–Crippen MR) is 144 cm³/mol. The van der Waals surface area contributed by atoms with Crippen LogP contribution in [0.5, 0.6) is 0 Å². The van der Waals surface area contributed by atoms with Crippen molar-refractivity contribution in [2.75, 3.05) is 10.6 Å². The number of H-pyrrole nitrogens is 1. The number of fused-ring (bicyclic) bond motifs is 1. The van der Waals surface area contributed by atoms with Crippen LogP contribution < -0.4 is 10.6 Å². The van der Waals surface area contributed by atoms with Gasteiger partial charge in [-0.1, -0.05) is 6.07 Å². The summed E-state index contributed by atoms with van der Waals surface area (Å²) in [5.41, 5.74) is 2.94. The third kappa shape index (κ3) is 3.87. The zero-order valence-corrected chi connectivity index (χ0v) is 20.9. The van der Waals surface area contributed by atoms with E-state index in [9.17, 15) is 14.7 Å². The molecular formula is C30H29N5O3. The number of imidazole rings is 1. The van der Waals surface area contributed by atoms with Gasteiger partial charge in [-0.05, 0) is 104 Å². The van der Waals surface area contributed by atoms with Gasteiger partial charge in [-0.3, -0.25) is 9.59 Å². The number of carbonyl (C=O) groups excluding carboxylic acids is 2.